The number of nitrogens with zero attached hydrogens (tertiary/aromatic N) is 2. The summed E-state index contributed by atoms with van der Waals surface area (Å²) in [6.07, 6.45) is 4.89. The molecule has 1 aromatic carbocycles. The number of fused-ring (bicyclic) bond motifs is 1. The largest absolute Gasteiger partial charge is 0.338 e. The predicted octanol–water partition coefficient (Wildman–Crippen LogP) is 2.59. The van der Waals surface area contributed by atoms with Gasteiger partial charge in [0.25, 0.3) is 0 Å². The van der Waals surface area contributed by atoms with Crippen LogP contribution >= 0.6 is 0 Å². The van der Waals surface area contributed by atoms with Crippen LogP contribution in [0.1, 0.15) is 50.5 Å². The second kappa shape index (κ2) is 6.79. The molecule has 0 aliphatic carbocycles. The first-order valence-corrected chi connectivity index (χ1v) is 9.62. The fourth-order valence-electron chi connectivity index (χ4n) is 4.95. The number of rotatable bonds is 4. The van der Waals surface area contributed by atoms with Crippen LogP contribution in [-0.4, -0.2) is 53.3 Å². The van der Waals surface area contributed by atoms with E-state index in [2.05, 4.69) is 22.0 Å². The number of benzene rings is 1. The Labute approximate surface area is 149 Å². The molecule has 0 saturated carbocycles. The summed E-state index contributed by atoms with van der Waals surface area (Å²) in [6, 6.07) is 8.55. The second-order valence-electron chi connectivity index (χ2n) is 7.47. The number of carbonyl (C=O) groups is 2. The SMILES string of the molecule is CCN1CCC[C@@H]1[C@H]1CCCN1C(=O)C[C@@H]1C(=O)Nc2ccccc21. The molecular formula is C20H27N3O2. The molecule has 3 atom stereocenters. The van der Waals surface area contributed by atoms with E-state index in [1.54, 1.807) is 0 Å². The van der Waals surface area contributed by atoms with Crippen molar-refractivity contribution in [2.24, 2.45) is 0 Å². The highest BCUT2D eigenvalue weighted by Crippen LogP contribution is 2.36. The van der Waals surface area contributed by atoms with Crippen molar-refractivity contribution in [2.75, 3.05) is 25.0 Å². The number of hydrogen-bond donors (Lipinski definition) is 1. The van der Waals surface area contributed by atoms with Gasteiger partial charge in [0, 0.05) is 30.7 Å². The van der Waals surface area contributed by atoms with Crippen LogP contribution in [-0.2, 0) is 9.59 Å². The van der Waals surface area contributed by atoms with Gasteiger partial charge in [-0.25, -0.2) is 0 Å². The minimum absolute atomic E-state index is 0.0404. The third-order valence-corrected chi connectivity index (χ3v) is 6.17. The third-order valence-electron chi connectivity index (χ3n) is 6.17. The smallest absolute Gasteiger partial charge is 0.232 e. The highest BCUT2D eigenvalue weighted by atomic mass is 16.2. The van der Waals surface area contributed by atoms with E-state index in [9.17, 15) is 9.59 Å². The first kappa shape index (κ1) is 16.6. The fourth-order valence-corrected chi connectivity index (χ4v) is 4.95. The minimum Gasteiger partial charge on any atom is -0.338 e. The summed E-state index contributed by atoms with van der Waals surface area (Å²) in [5, 5.41) is 2.91. The number of likely N-dealkylation sites (N-methyl/N-ethyl adjacent to an activating group) is 1. The Balaban J connectivity index is 1.48. The van der Waals surface area contributed by atoms with E-state index in [0.717, 1.165) is 43.7 Å². The Hall–Kier alpha value is -1.88. The van der Waals surface area contributed by atoms with Crippen LogP contribution < -0.4 is 5.32 Å². The maximum Gasteiger partial charge on any atom is 0.232 e. The normalized spacial score (nSPS) is 29.1. The zero-order valence-corrected chi connectivity index (χ0v) is 14.9. The van der Waals surface area contributed by atoms with E-state index in [0.29, 0.717) is 12.1 Å². The van der Waals surface area contributed by atoms with E-state index in [1.165, 1.54) is 12.8 Å². The third kappa shape index (κ3) is 2.95. The lowest BCUT2D eigenvalue weighted by Gasteiger charge is -2.35. The molecule has 1 N–H and O–H groups in total. The van der Waals surface area contributed by atoms with Gasteiger partial charge in [0.2, 0.25) is 11.8 Å². The number of nitrogens with one attached hydrogen (secondary N) is 1. The Bertz CT molecular complexity index is 675. The number of hydrogen-bond acceptors (Lipinski definition) is 3. The highest BCUT2D eigenvalue weighted by molar-refractivity contribution is 6.04. The maximum absolute atomic E-state index is 13.0. The molecule has 25 heavy (non-hydrogen) atoms. The zero-order valence-electron chi connectivity index (χ0n) is 14.9. The molecular weight excluding hydrogens is 314 g/mol. The highest BCUT2D eigenvalue weighted by Gasteiger charge is 2.41. The van der Waals surface area contributed by atoms with Crippen LogP contribution in [0.25, 0.3) is 0 Å². The van der Waals surface area contributed by atoms with Gasteiger partial charge in [-0.2, -0.15) is 0 Å². The molecule has 2 amide bonds. The molecule has 0 unspecified atom stereocenters. The number of amides is 2. The summed E-state index contributed by atoms with van der Waals surface area (Å²) in [4.78, 5) is 30.0. The van der Waals surface area contributed by atoms with Gasteiger partial charge >= 0.3 is 0 Å². The van der Waals surface area contributed by atoms with Crippen molar-refractivity contribution in [2.45, 2.75) is 57.0 Å². The lowest BCUT2D eigenvalue weighted by Crippen LogP contribution is -2.48. The Morgan fingerprint density at radius 3 is 2.76 bits per heavy atom. The van der Waals surface area contributed by atoms with Gasteiger partial charge in [-0.05, 0) is 50.4 Å². The molecule has 3 heterocycles. The van der Waals surface area contributed by atoms with E-state index in [4.69, 9.17) is 0 Å². The molecule has 0 bridgehead atoms. The minimum atomic E-state index is -0.337. The van der Waals surface area contributed by atoms with Crippen LogP contribution in [0.15, 0.2) is 24.3 Å². The molecule has 2 fully saturated rings. The number of likely N-dealkylation sites (tertiary alicyclic amines) is 2. The Morgan fingerprint density at radius 1 is 1.16 bits per heavy atom. The Morgan fingerprint density at radius 2 is 1.92 bits per heavy atom. The van der Waals surface area contributed by atoms with Gasteiger partial charge in [-0.15, -0.1) is 0 Å². The van der Waals surface area contributed by atoms with Crippen LogP contribution in [0.4, 0.5) is 5.69 Å². The van der Waals surface area contributed by atoms with Crippen LogP contribution in [0.5, 0.6) is 0 Å². The topological polar surface area (TPSA) is 52.7 Å². The molecule has 0 spiro atoms. The van der Waals surface area contributed by atoms with E-state index < -0.39 is 0 Å². The molecule has 134 valence electrons. The van der Waals surface area contributed by atoms with Crippen molar-refractivity contribution in [1.82, 2.24) is 9.80 Å². The summed E-state index contributed by atoms with van der Waals surface area (Å²) in [7, 11) is 0. The van der Waals surface area contributed by atoms with Gasteiger partial charge in [0.05, 0.1) is 5.92 Å². The van der Waals surface area contributed by atoms with Crippen LogP contribution in [0.3, 0.4) is 0 Å². The summed E-state index contributed by atoms with van der Waals surface area (Å²) in [6.45, 7) is 5.26. The summed E-state index contributed by atoms with van der Waals surface area (Å²) < 4.78 is 0. The molecule has 3 aliphatic heterocycles. The second-order valence-corrected chi connectivity index (χ2v) is 7.47. The summed E-state index contributed by atoms with van der Waals surface area (Å²) in [5.74, 6) is -0.237. The molecule has 3 aliphatic rings. The molecule has 5 nitrogen and oxygen atoms in total. The molecule has 0 aromatic heterocycles. The molecule has 2 saturated heterocycles. The number of para-hydroxylation sites is 1. The van der Waals surface area contributed by atoms with E-state index in [1.807, 2.05) is 24.3 Å². The zero-order chi connectivity index (χ0) is 17.4. The monoisotopic (exact) mass is 341 g/mol. The van der Waals surface area contributed by atoms with Crippen molar-refractivity contribution < 1.29 is 9.59 Å². The van der Waals surface area contributed by atoms with E-state index >= 15 is 0 Å². The van der Waals surface area contributed by atoms with Crippen molar-refractivity contribution in [3.8, 4) is 0 Å². The molecule has 5 heteroatoms. The molecule has 4 rings (SSSR count). The van der Waals surface area contributed by atoms with Crippen molar-refractivity contribution >= 4 is 17.5 Å². The first-order chi connectivity index (χ1) is 12.2. The summed E-state index contributed by atoms with van der Waals surface area (Å²) >= 11 is 0. The van der Waals surface area contributed by atoms with Crippen molar-refractivity contribution in [3.63, 3.8) is 0 Å². The lowest BCUT2D eigenvalue weighted by atomic mass is 9.96. The first-order valence-electron chi connectivity index (χ1n) is 9.62. The van der Waals surface area contributed by atoms with Gasteiger partial charge < -0.3 is 10.2 Å². The van der Waals surface area contributed by atoms with Gasteiger partial charge in [0.15, 0.2) is 0 Å². The average molecular weight is 341 g/mol. The van der Waals surface area contributed by atoms with Crippen molar-refractivity contribution in [3.05, 3.63) is 29.8 Å². The van der Waals surface area contributed by atoms with Gasteiger partial charge in [-0.3, -0.25) is 14.5 Å². The van der Waals surface area contributed by atoms with Gasteiger partial charge in [-0.1, -0.05) is 25.1 Å². The summed E-state index contributed by atoms with van der Waals surface area (Å²) in [5.41, 5.74) is 1.82. The van der Waals surface area contributed by atoms with E-state index in [-0.39, 0.29) is 24.2 Å². The van der Waals surface area contributed by atoms with Crippen LogP contribution in [0.2, 0.25) is 0 Å². The molecule has 0 radical (unpaired) electrons. The quantitative estimate of drug-likeness (QED) is 0.916. The predicted molar refractivity (Wildman–Crippen MR) is 97.4 cm³/mol. The Kier molecular flexibility index (Phi) is 4.50. The standard InChI is InChI=1S/C20H27N3O2/c1-2-22-11-5-9-17(22)18-10-6-12-23(18)19(24)13-15-14-7-3-4-8-16(14)21-20(15)25/h3-4,7-8,15,17-18H,2,5-6,9-13H2,1H3,(H,21,25)/t15-,17+,18+/m0/s1. The number of carbonyl (C=O) groups excluding carboxylic acids is 2. The number of anilines is 1. The fraction of sp³-hybridized carbons (Fsp3) is 0.600. The lowest BCUT2D eigenvalue weighted by molar-refractivity contribution is -0.135. The van der Waals surface area contributed by atoms with Gasteiger partial charge in [0.1, 0.15) is 0 Å². The van der Waals surface area contributed by atoms with Crippen molar-refractivity contribution in [1.29, 1.82) is 0 Å². The average Bonchev–Trinajstić information content (AvgIpc) is 3.33. The maximum atomic E-state index is 13.0. The van der Waals surface area contributed by atoms with Crippen LogP contribution in [0, 0.1) is 0 Å². The molecule has 1 aromatic rings.